The van der Waals surface area contributed by atoms with Crippen molar-refractivity contribution in [1.29, 1.82) is 0 Å². The molecule has 0 radical (unpaired) electrons. The predicted octanol–water partition coefficient (Wildman–Crippen LogP) is 3.94. The van der Waals surface area contributed by atoms with E-state index < -0.39 is 10.0 Å². The zero-order chi connectivity index (χ0) is 15.5. The molecule has 21 heavy (non-hydrogen) atoms. The summed E-state index contributed by atoms with van der Waals surface area (Å²) in [7, 11) is -3.64. The Balaban J connectivity index is 2.35. The first kappa shape index (κ1) is 16.2. The van der Waals surface area contributed by atoms with Crippen LogP contribution >= 0.6 is 27.7 Å². The Labute approximate surface area is 137 Å². The third kappa shape index (κ3) is 3.93. The van der Waals surface area contributed by atoms with Gasteiger partial charge in [0.1, 0.15) is 0 Å². The first-order chi connectivity index (χ1) is 9.94. The summed E-state index contributed by atoms with van der Waals surface area (Å²) in [5.41, 5.74) is 6.76. The van der Waals surface area contributed by atoms with Gasteiger partial charge in [-0.3, -0.25) is 4.72 Å². The van der Waals surface area contributed by atoms with Gasteiger partial charge in [-0.15, -0.1) is 11.8 Å². The van der Waals surface area contributed by atoms with Crippen LogP contribution in [-0.4, -0.2) is 14.2 Å². The van der Waals surface area contributed by atoms with Crippen LogP contribution < -0.4 is 10.5 Å². The Morgan fingerprint density at radius 2 is 1.95 bits per heavy atom. The Morgan fingerprint density at radius 1 is 1.24 bits per heavy atom. The number of hydrogen-bond donors (Lipinski definition) is 2. The van der Waals surface area contributed by atoms with Gasteiger partial charge in [-0.25, -0.2) is 8.42 Å². The maximum Gasteiger partial charge on any atom is 0.261 e. The molecule has 2 aromatic carbocycles. The minimum absolute atomic E-state index is 0.167. The topological polar surface area (TPSA) is 72.2 Å². The number of nitrogens with one attached hydrogen (secondary N) is 1. The summed E-state index contributed by atoms with van der Waals surface area (Å²) in [6, 6.07) is 11.9. The molecular formula is C14H15BrN2O2S2. The first-order valence-corrected chi connectivity index (χ1v) is 9.50. The molecule has 0 saturated heterocycles. The Kier molecular flexibility index (Phi) is 5.18. The molecule has 0 aliphatic carbocycles. The molecular weight excluding hydrogens is 372 g/mol. The molecule has 0 atom stereocenters. The van der Waals surface area contributed by atoms with Crippen LogP contribution in [0.3, 0.4) is 0 Å². The van der Waals surface area contributed by atoms with Crippen molar-refractivity contribution in [2.24, 2.45) is 0 Å². The first-order valence-electron chi connectivity index (χ1n) is 6.23. The van der Waals surface area contributed by atoms with Crippen LogP contribution in [-0.2, 0) is 10.0 Å². The fourth-order valence-electron chi connectivity index (χ4n) is 1.71. The van der Waals surface area contributed by atoms with Gasteiger partial charge in [0.2, 0.25) is 0 Å². The van der Waals surface area contributed by atoms with Gasteiger partial charge in [-0.05, 0) is 52.0 Å². The lowest BCUT2D eigenvalue weighted by Gasteiger charge is -2.12. The molecule has 0 heterocycles. The number of nitrogens with two attached hydrogens (primary N) is 1. The number of halogens is 1. The van der Waals surface area contributed by atoms with E-state index >= 15 is 0 Å². The summed E-state index contributed by atoms with van der Waals surface area (Å²) in [6.45, 7) is 2.02. The number of benzene rings is 2. The van der Waals surface area contributed by atoms with E-state index in [0.29, 0.717) is 15.8 Å². The predicted molar refractivity (Wildman–Crippen MR) is 92.2 cm³/mol. The van der Waals surface area contributed by atoms with Crippen molar-refractivity contribution >= 4 is 49.1 Å². The van der Waals surface area contributed by atoms with Crippen molar-refractivity contribution in [3.05, 3.63) is 46.9 Å². The average molecular weight is 387 g/mol. The van der Waals surface area contributed by atoms with E-state index in [-0.39, 0.29) is 4.90 Å². The van der Waals surface area contributed by atoms with E-state index in [2.05, 4.69) is 20.7 Å². The maximum absolute atomic E-state index is 12.4. The smallest absolute Gasteiger partial charge is 0.261 e. The van der Waals surface area contributed by atoms with Crippen molar-refractivity contribution in [2.45, 2.75) is 16.7 Å². The largest absolute Gasteiger partial charge is 0.398 e. The number of anilines is 2. The van der Waals surface area contributed by atoms with Gasteiger partial charge >= 0.3 is 0 Å². The van der Waals surface area contributed by atoms with Gasteiger partial charge < -0.3 is 5.73 Å². The number of sulfonamides is 1. The van der Waals surface area contributed by atoms with Crippen molar-refractivity contribution in [3.63, 3.8) is 0 Å². The molecule has 3 N–H and O–H groups in total. The Morgan fingerprint density at radius 3 is 2.62 bits per heavy atom. The number of rotatable bonds is 5. The molecule has 0 fully saturated rings. The maximum atomic E-state index is 12.4. The zero-order valence-corrected chi connectivity index (χ0v) is 14.6. The molecule has 0 bridgehead atoms. The lowest BCUT2D eigenvalue weighted by atomic mass is 10.3. The SMILES string of the molecule is CCSc1ccccc1NS(=O)(=O)c1ccc(N)c(Br)c1. The molecule has 112 valence electrons. The van der Waals surface area contributed by atoms with E-state index in [1.807, 2.05) is 19.1 Å². The van der Waals surface area contributed by atoms with E-state index in [1.165, 1.54) is 12.1 Å². The van der Waals surface area contributed by atoms with E-state index in [1.54, 1.807) is 30.0 Å². The van der Waals surface area contributed by atoms with Gasteiger partial charge in [-0.2, -0.15) is 0 Å². The van der Waals surface area contributed by atoms with Crippen LogP contribution in [0.5, 0.6) is 0 Å². The molecule has 0 saturated carbocycles. The third-order valence-corrected chi connectivity index (χ3v) is 5.72. The minimum Gasteiger partial charge on any atom is -0.398 e. The standard InChI is InChI=1S/C14H15BrN2O2S2/c1-2-20-14-6-4-3-5-13(14)17-21(18,19)10-7-8-12(16)11(15)9-10/h3-9,17H,2,16H2,1H3. The molecule has 2 aromatic rings. The highest BCUT2D eigenvalue weighted by Crippen LogP contribution is 2.30. The van der Waals surface area contributed by atoms with Gasteiger partial charge in [-0.1, -0.05) is 19.1 Å². The number of nitrogen functional groups attached to an aromatic ring is 1. The minimum atomic E-state index is -3.64. The van der Waals surface area contributed by atoms with Gasteiger partial charge in [0, 0.05) is 15.1 Å². The molecule has 0 spiro atoms. The number of hydrogen-bond acceptors (Lipinski definition) is 4. The van der Waals surface area contributed by atoms with Crippen LogP contribution in [0.2, 0.25) is 0 Å². The highest BCUT2D eigenvalue weighted by molar-refractivity contribution is 9.10. The van der Waals surface area contributed by atoms with Crippen molar-refractivity contribution in [3.8, 4) is 0 Å². The summed E-state index contributed by atoms with van der Waals surface area (Å²) in [6.07, 6.45) is 0. The molecule has 4 nitrogen and oxygen atoms in total. The summed E-state index contributed by atoms with van der Waals surface area (Å²) in [5.74, 6) is 0.867. The third-order valence-electron chi connectivity index (χ3n) is 2.71. The highest BCUT2D eigenvalue weighted by atomic mass is 79.9. The molecule has 7 heteroatoms. The average Bonchev–Trinajstić information content (AvgIpc) is 2.44. The summed E-state index contributed by atoms with van der Waals surface area (Å²) in [4.78, 5) is 1.07. The Hall–Kier alpha value is -1.18. The molecule has 0 unspecified atom stereocenters. The van der Waals surface area contributed by atoms with Crippen LogP contribution in [0.15, 0.2) is 56.7 Å². The van der Waals surface area contributed by atoms with Gasteiger partial charge in [0.15, 0.2) is 0 Å². The fraction of sp³-hybridized carbons (Fsp3) is 0.143. The second kappa shape index (κ2) is 6.72. The van der Waals surface area contributed by atoms with Crippen molar-refractivity contribution in [1.82, 2.24) is 0 Å². The fourth-order valence-corrected chi connectivity index (χ4v) is 4.17. The monoisotopic (exact) mass is 386 g/mol. The molecule has 0 amide bonds. The highest BCUT2D eigenvalue weighted by Gasteiger charge is 2.16. The van der Waals surface area contributed by atoms with E-state index in [4.69, 9.17) is 5.73 Å². The number of thioether (sulfide) groups is 1. The Bertz CT molecular complexity index is 748. The second-order valence-electron chi connectivity index (χ2n) is 4.22. The number of para-hydroxylation sites is 1. The van der Waals surface area contributed by atoms with Crippen LogP contribution in [0.4, 0.5) is 11.4 Å². The van der Waals surface area contributed by atoms with Gasteiger partial charge in [0.05, 0.1) is 10.6 Å². The van der Waals surface area contributed by atoms with Crippen molar-refractivity contribution < 1.29 is 8.42 Å². The van der Waals surface area contributed by atoms with Crippen LogP contribution in [0.25, 0.3) is 0 Å². The summed E-state index contributed by atoms with van der Waals surface area (Å²) < 4.78 is 28.1. The molecule has 0 aromatic heterocycles. The molecule has 0 aliphatic rings. The van der Waals surface area contributed by atoms with E-state index in [9.17, 15) is 8.42 Å². The second-order valence-corrected chi connectivity index (χ2v) is 8.06. The van der Waals surface area contributed by atoms with Crippen molar-refractivity contribution in [2.75, 3.05) is 16.2 Å². The van der Waals surface area contributed by atoms with Crippen LogP contribution in [0.1, 0.15) is 6.92 Å². The lowest BCUT2D eigenvalue weighted by molar-refractivity contribution is 0.601. The van der Waals surface area contributed by atoms with Gasteiger partial charge in [0.25, 0.3) is 10.0 Å². The van der Waals surface area contributed by atoms with Crippen LogP contribution in [0, 0.1) is 0 Å². The quantitative estimate of drug-likeness (QED) is 0.602. The summed E-state index contributed by atoms with van der Waals surface area (Å²) >= 11 is 4.83. The molecule has 0 aliphatic heterocycles. The lowest BCUT2D eigenvalue weighted by Crippen LogP contribution is -2.13. The normalized spacial score (nSPS) is 11.3. The van der Waals surface area contributed by atoms with E-state index in [0.717, 1.165) is 10.6 Å². The zero-order valence-electron chi connectivity index (χ0n) is 11.3. The summed E-state index contributed by atoms with van der Waals surface area (Å²) in [5, 5.41) is 0. The molecule has 2 rings (SSSR count).